The zero-order chi connectivity index (χ0) is 9.07. The first kappa shape index (κ1) is 11.2. The predicted octanol–water partition coefficient (Wildman–Crippen LogP) is 4.07. The van der Waals surface area contributed by atoms with Crippen LogP contribution in [0.25, 0.3) is 0 Å². The Labute approximate surface area is 76.7 Å². The fraction of sp³-hybridized carbons (Fsp3) is 0.417. The number of hydrogen-bond donors (Lipinski definition) is 0. The second kappa shape index (κ2) is 10.2. The Balaban J connectivity index is 3.10. The minimum Gasteiger partial charge on any atom is -0.0917 e. The lowest BCUT2D eigenvalue weighted by Gasteiger charge is -1.91. The molecule has 0 nitrogen and oxygen atoms in total. The van der Waals surface area contributed by atoms with Crippen LogP contribution in [-0.2, 0) is 0 Å². The molecule has 0 aromatic heterocycles. The van der Waals surface area contributed by atoms with Crippen molar-refractivity contribution in [3.8, 4) is 0 Å². The standard InChI is InChI=1S/C12H19/c1-3-5-7-9-11-12-10-8-6-4-2/h3-7,9H,1,8,10-12H2,2H3/b5-3+,6-4+,9-7+. The van der Waals surface area contributed by atoms with Crippen LogP contribution in [0, 0.1) is 6.92 Å². The molecule has 0 fully saturated rings. The van der Waals surface area contributed by atoms with Gasteiger partial charge in [0.15, 0.2) is 0 Å². The van der Waals surface area contributed by atoms with Crippen LogP contribution < -0.4 is 0 Å². The maximum absolute atomic E-state index is 3.60. The third-order valence-electron chi connectivity index (χ3n) is 1.61. The first-order chi connectivity index (χ1) is 5.91. The van der Waals surface area contributed by atoms with Crippen molar-refractivity contribution in [2.24, 2.45) is 0 Å². The number of allylic oxidation sites excluding steroid dienone is 6. The van der Waals surface area contributed by atoms with E-state index in [1.807, 2.05) is 6.08 Å². The van der Waals surface area contributed by atoms with Gasteiger partial charge in [0.2, 0.25) is 0 Å². The summed E-state index contributed by atoms with van der Waals surface area (Å²) >= 11 is 0. The summed E-state index contributed by atoms with van der Waals surface area (Å²) in [5.41, 5.74) is 0. The van der Waals surface area contributed by atoms with Gasteiger partial charge in [-0.25, -0.2) is 0 Å². The molecule has 0 amide bonds. The Kier molecular flexibility index (Phi) is 9.56. The highest BCUT2D eigenvalue weighted by Gasteiger charge is 1.81. The molecular weight excluding hydrogens is 144 g/mol. The predicted molar refractivity (Wildman–Crippen MR) is 56.9 cm³/mol. The van der Waals surface area contributed by atoms with E-state index < -0.39 is 0 Å². The van der Waals surface area contributed by atoms with Gasteiger partial charge in [0.25, 0.3) is 0 Å². The van der Waals surface area contributed by atoms with Gasteiger partial charge in [0, 0.05) is 0 Å². The lowest BCUT2D eigenvalue weighted by Crippen LogP contribution is -1.71. The maximum Gasteiger partial charge on any atom is -0.0313 e. The topological polar surface area (TPSA) is 0 Å². The minimum absolute atomic E-state index is 1.18. The highest BCUT2D eigenvalue weighted by Crippen LogP contribution is 2.01. The summed E-state index contributed by atoms with van der Waals surface area (Å²) in [6, 6.07) is 0. The molecule has 0 heteroatoms. The summed E-state index contributed by atoms with van der Waals surface area (Å²) in [7, 11) is 0. The fourth-order valence-electron chi connectivity index (χ4n) is 0.944. The summed E-state index contributed by atoms with van der Waals surface area (Å²) < 4.78 is 0. The summed E-state index contributed by atoms with van der Waals surface area (Å²) in [6.45, 7) is 5.67. The minimum atomic E-state index is 1.18. The summed E-state index contributed by atoms with van der Waals surface area (Å²) in [4.78, 5) is 0. The highest BCUT2D eigenvalue weighted by molar-refractivity contribution is 5.03. The van der Waals surface area contributed by atoms with Crippen molar-refractivity contribution in [3.63, 3.8) is 0 Å². The van der Waals surface area contributed by atoms with Crippen molar-refractivity contribution in [3.05, 3.63) is 43.4 Å². The normalized spacial score (nSPS) is 12.5. The van der Waals surface area contributed by atoms with Crippen molar-refractivity contribution in [1.29, 1.82) is 0 Å². The lowest BCUT2D eigenvalue weighted by atomic mass is 10.2. The third-order valence-corrected chi connectivity index (χ3v) is 1.61. The van der Waals surface area contributed by atoms with Crippen LogP contribution in [0.1, 0.15) is 32.6 Å². The van der Waals surface area contributed by atoms with Crippen LogP contribution in [0.5, 0.6) is 0 Å². The summed E-state index contributed by atoms with van der Waals surface area (Å²) in [5, 5.41) is 0. The van der Waals surface area contributed by atoms with Crippen LogP contribution in [0.4, 0.5) is 0 Å². The monoisotopic (exact) mass is 163 g/mol. The molecule has 0 bridgehead atoms. The van der Waals surface area contributed by atoms with E-state index in [-0.39, 0.29) is 0 Å². The summed E-state index contributed by atoms with van der Waals surface area (Å²) in [6.07, 6.45) is 17.3. The number of rotatable bonds is 6. The van der Waals surface area contributed by atoms with Crippen LogP contribution in [0.3, 0.4) is 0 Å². The van der Waals surface area contributed by atoms with Crippen LogP contribution in [0.2, 0.25) is 0 Å². The fourth-order valence-corrected chi connectivity index (χ4v) is 0.944. The smallest absolute Gasteiger partial charge is 0.0313 e. The van der Waals surface area contributed by atoms with Gasteiger partial charge in [-0.1, -0.05) is 36.5 Å². The van der Waals surface area contributed by atoms with Crippen molar-refractivity contribution in [2.45, 2.75) is 32.6 Å². The van der Waals surface area contributed by atoms with E-state index in [1.54, 1.807) is 6.08 Å². The average molecular weight is 163 g/mol. The summed E-state index contributed by atoms with van der Waals surface area (Å²) in [5.74, 6) is 0. The second-order valence-corrected chi connectivity index (χ2v) is 2.71. The van der Waals surface area contributed by atoms with Crippen molar-refractivity contribution < 1.29 is 0 Å². The van der Waals surface area contributed by atoms with Gasteiger partial charge in [-0.2, -0.15) is 0 Å². The maximum atomic E-state index is 3.60. The van der Waals surface area contributed by atoms with E-state index in [0.717, 1.165) is 0 Å². The molecular formula is C12H19. The molecule has 0 saturated heterocycles. The van der Waals surface area contributed by atoms with Gasteiger partial charge in [-0.15, -0.1) is 0 Å². The Hall–Kier alpha value is -0.780. The van der Waals surface area contributed by atoms with Gasteiger partial charge in [-0.3, -0.25) is 0 Å². The number of unbranched alkanes of at least 4 members (excludes halogenated alkanes) is 3. The molecule has 0 aliphatic carbocycles. The molecule has 0 aliphatic heterocycles. The Morgan fingerprint density at radius 3 is 2.25 bits per heavy atom. The molecule has 0 aromatic rings. The molecule has 0 saturated carbocycles. The molecule has 0 unspecified atom stereocenters. The molecule has 1 radical (unpaired) electrons. The van der Waals surface area contributed by atoms with E-state index in [9.17, 15) is 0 Å². The van der Waals surface area contributed by atoms with Gasteiger partial charge in [0.05, 0.1) is 0 Å². The molecule has 0 aliphatic rings. The van der Waals surface area contributed by atoms with Crippen molar-refractivity contribution in [1.82, 2.24) is 0 Å². The van der Waals surface area contributed by atoms with E-state index in [1.165, 1.54) is 25.7 Å². The molecule has 0 heterocycles. The molecule has 0 N–H and O–H groups in total. The highest BCUT2D eigenvalue weighted by atomic mass is 13.9. The zero-order valence-electron chi connectivity index (χ0n) is 8.00. The Morgan fingerprint density at radius 1 is 1.00 bits per heavy atom. The van der Waals surface area contributed by atoms with Gasteiger partial charge in [-0.05, 0) is 39.5 Å². The van der Waals surface area contributed by atoms with Crippen LogP contribution in [-0.4, -0.2) is 0 Å². The first-order valence-corrected chi connectivity index (χ1v) is 4.64. The van der Waals surface area contributed by atoms with Gasteiger partial charge in [0.1, 0.15) is 0 Å². The van der Waals surface area contributed by atoms with Crippen molar-refractivity contribution in [2.75, 3.05) is 0 Å². The van der Waals surface area contributed by atoms with Gasteiger partial charge >= 0.3 is 0 Å². The molecule has 67 valence electrons. The molecule has 0 rings (SSSR count). The van der Waals surface area contributed by atoms with E-state index in [0.29, 0.717) is 0 Å². The second-order valence-electron chi connectivity index (χ2n) is 2.71. The van der Waals surface area contributed by atoms with Crippen molar-refractivity contribution >= 4 is 0 Å². The Morgan fingerprint density at radius 2 is 1.67 bits per heavy atom. The van der Waals surface area contributed by atoms with E-state index >= 15 is 0 Å². The molecule has 0 aromatic carbocycles. The first-order valence-electron chi connectivity index (χ1n) is 4.64. The molecule has 0 spiro atoms. The average Bonchev–Trinajstić information content (AvgIpc) is 2.10. The number of hydrogen-bond acceptors (Lipinski definition) is 0. The van der Waals surface area contributed by atoms with Gasteiger partial charge < -0.3 is 0 Å². The van der Waals surface area contributed by atoms with E-state index in [4.69, 9.17) is 0 Å². The molecule has 12 heavy (non-hydrogen) atoms. The largest absolute Gasteiger partial charge is 0.0917 e. The molecule has 0 atom stereocenters. The quantitative estimate of drug-likeness (QED) is 0.314. The lowest BCUT2D eigenvalue weighted by molar-refractivity contribution is 0.762. The van der Waals surface area contributed by atoms with Crippen LogP contribution >= 0.6 is 0 Å². The van der Waals surface area contributed by atoms with Crippen LogP contribution in [0.15, 0.2) is 36.5 Å². The van der Waals surface area contributed by atoms with E-state index in [2.05, 4.69) is 38.2 Å². The zero-order valence-corrected chi connectivity index (χ0v) is 8.00. The SMILES string of the molecule is [CH2]/C=C/C=C/CCCC/C=C/C. The third kappa shape index (κ3) is 9.22. The Bertz CT molecular complexity index is 149.